The van der Waals surface area contributed by atoms with Crippen molar-refractivity contribution in [1.29, 1.82) is 0 Å². The first-order valence-electron chi connectivity index (χ1n) is 6.75. The van der Waals surface area contributed by atoms with Crippen LogP contribution in [-0.4, -0.2) is 24.7 Å². The molecule has 0 amide bonds. The van der Waals surface area contributed by atoms with Crippen LogP contribution in [0.3, 0.4) is 0 Å². The van der Waals surface area contributed by atoms with Gasteiger partial charge in [-0.1, -0.05) is 6.92 Å². The summed E-state index contributed by atoms with van der Waals surface area (Å²) in [5.41, 5.74) is 4.03. The third-order valence-corrected chi connectivity index (χ3v) is 3.97. The minimum Gasteiger partial charge on any atom is -0.493 e. The maximum absolute atomic E-state index is 5.66. The van der Waals surface area contributed by atoms with Crippen molar-refractivity contribution < 1.29 is 4.74 Å². The van der Waals surface area contributed by atoms with Gasteiger partial charge in [-0.3, -0.25) is 0 Å². The summed E-state index contributed by atoms with van der Waals surface area (Å²) in [4.78, 5) is 3.39. The zero-order valence-electron chi connectivity index (χ0n) is 11.0. The average Bonchev–Trinajstić information content (AvgIpc) is 3.01. The van der Waals surface area contributed by atoms with Gasteiger partial charge in [-0.25, -0.2) is 0 Å². The van der Waals surface area contributed by atoms with Gasteiger partial charge in [0.15, 0.2) is 0 Å². The third-order valence-electron chi connectivity index (χ3n) is 3.97. The summed E-state index contributed by atoms with van der Waals surface area (Å²) in [5.74, 6) is 1.07. The number of H-pyrrole nitrogens is 1. The van der Waals surface area contributed by atoms with Crippen molar-refractivity contribution in [3.63, 3.8) is 0 Å². The van der Waals surface area contributed by atoms with E-state index < -0.39 is 0 Å². The fourth-order valence-corrected chi connectivity index (χ4v) is 2.88. The number of fused-ring (bicyclic) bond motifs is 3. The van der Waals surface area contributed by atoms with E-state index in [4.69, 9.17) is 4.74 Å². The molecule has 1 unspecified atom stereocenters. The van der Waals surface area contributed by atoms with E-state index in [1.807, 2.05) is 7.05 Å². The lowest BCUT2D eigenvalue weighted by Crippen LogP contribution is -2.26. The number of rotatable bonds is 4. The molecule has 0 spiro atoms. The number of nitrogens with one attached hydrogen (secondary N) is 2. The second kappa shape index (κ2) is 4.65. The fraction of sp³-hybridized carbons (Fsp3) is 0.467. The lowest BCUT2D eigenvalue weighted by molar-refractivity contribution is 0.357. The topological polar surface area (TPSA) is 37.0 Å². The van der Waals surface area contributed by atoms with Crippen molar-refractivity contribution in [3.05, 3.63) is 29.5 Å². The van der Waals surface area contributed by atoms with Crippen molar-refractivity contribution >= 4 is 10.9 Å². The summed E-state index contributed by atoms with van der Waals surface area (Å²) >= 11 is 0. The maximum atomic E-state index is 5.66. The van der Waals surface area contributed by atoms with Gasteiger partial charge >= 0.3 is 0 Å². The molecule has 2 heterocycles. The molecule has 0 saturated carbocycles. The van der Waals surface area contributed by atoms with E-state index >= 15 is 0 Å². The zero-order valence-corrected chi connectivity index (χ0v) is 11.0. The molecule has 3 rings (SSSR count). The van der Waals surface area contributed by atoms with E-state index in [0.717, 1.165) is 31.6 Å². The second-order valence-corrected chi connectivity index (χ2v) is 4.98. The minimum absolute atomic E-state index is 0.544. The molecule has 96 valence electrons. The molecule has 0 saturated heterocycles. The van der Waals surface area contributed by atoms with Crippen LogP contribution in [0.5, 0.6) is 5.75 Å². The van der Waals surface area contributed by atoms with Gasteiger partial charge in [-0.05, 0) is 37.6 Å². The van der Waals surface area contributed by atoms with Crippen LogP contribution in [0.4, 0.5) is 0 Å². The van der Waals surface area contributed by atoms with Crippen LogP contribution >= 0.6 is 0 Å². The highest BCUT2D eigenvalue weighted by Crippen LogP contribution is 2.34. The zero-order chi connectivity index (χ0) is 12.5. The van der Waals surface area contributed by atoms with Crippen LogP contribution in [-0.2, 0) is 12.8 Å². The Morgan fingerprint density at radius 3 is 3.11 bits per heavy atom. The van der Waals surface area contributed by atoms with E-state index in [1.165, 1.54) is 22.0 Å². The Balaban J connectivity index is 2.05. The van der Waals surface area contributed by atoms with Crippen LogP contribution in [0, 0.1) is 0 Å². The van der Waals surface area contributed by atoms with Gasteiger partial charge in [0.2, 0.25) is 0 Å². The Morgan fingerprint density at radius 1 is 1.44 bits per heavy atom. The molecule has 0 aliphatic carbocycles. The van der Waals surface area contributed by atoms with Gasteiger partial charge in [0, 0.05) is 35.1 Å². The van der Waals surface area contributed by atoms with Gasteiger partial charge in [0.25, 0.3) is 0 Å². The molecular weight excluding hydrogens is 224 g/mol. The van der Waals surface area contributed by atoms with Crippen LogP contribution in [0.15, 0.2) is 18.3 Å². The number of aromatic nitrogens is 1. The lowest BCUT2D eigenvalue weighted by atomic mass is 9.99. The molecule has 1 aromatic heterocycles. The molecule has 1 aliphatic heterocycles. The molecule has 3 nitrogen and oxygen atoms in total. The first kappa shape index (κ1) is 11.6. The number of likely N-dealkylation sites (N-methyl/N-ethyl adjacent to an activating group) is 1. The van der Waals surface area contributed by atoms with Crippen LogP contribution < -0.4 is 10.1 Å². The molecule has 3 heteroatoms. The standard InChI is InChI=1S/C15H20N2O/c1-3-11(16-2)8-10-9-17-13-4-5-14-12(15(10)13)6-7-18-14/h4-5,9,11,16-17H,3,6-8H2,1-2H3. The summed E-state index contributed by atoms with van der Waals surface area (Å²) in [6.07, 6.45) is 5.41. The fourth-order valence-electron chi connectivity index (χ4n) is 2.88. The van der Waals surface area contributed by atoms with Crippen LogP contribution in [0.1, 0.15) is 24.5 Å². The molecular formula is C15H20N2O. The third kappa shape index (κ3) is 1.79. The Kier molecular flexibility index (Phi) is 3.00. The summed E-state index contributed by atoms with van der Waals surface area (Å²) in [6, 6.07) is 4.76. The Bertz CT molecular complexity index is 555. The largest absolute Gasteiger partial charge is 0.493 e. The summed E-state index contributed by atoms with van der Waals surface area (Å²) in [5, 5.41) is 4.76. The summed E-state index contributed by atoms with van der Waals surface area (Å²) in [7, 11) is 2.04. The van der Waals surface area contributed by atoms with Crippen molar-refractivity contribution in [2.45, 2.75) is 32.2 Å². The smallest absolute Gasteiger partial charge is 0.123 e. The number of aromatic amines is 1. The summed E-state index contributed by atoms with van der Waals surface area (Å²) < 4.78 is 5.66. The predicted molar refractivity (Wildman–Crippen MR) is 74.3 cm³/mol. The number of hydrogen-bond donors (Lipinski definition) is 2. The molecule has 1 aromatic carbocycles. The molecule has 2 N–H and O–H groups in total. The van der Waals surface area contributed by atoms with E-state index in [9.17, 15) is 0 Å². The molecule has 18 heavy (non-hydrogen) atoms. The highest BCUT2D eigenvalue weighted by Gasteiger charge is 2.19. The number of benzene rings is 1. The lowest BCUT2D eigenvalue weighted by Gasteiger charge is -2.13. The highest BCUT2D eigenvalue weighted by molar-refractivity contribution is 5.89. The normalized spacial score (nSPS) is 15.7. The van der Waals surface area contributed by atoms with Gasteiger partial charge in [0.05, 0.1) is 6.61 Å². The van der Waals surface area contributed by atoms with Gasteiger partial charge < -0.3 is 15.0 Å². The molecule has 2 aromatic rings. The maximum Gasteiger partial charge on any atom is 0.123 e. The van der Waals surface area contributed by atoms with Gasteiger partial charge in [-0.15, -0.1) is 0 Å². The first-order valence-corrected chi connectivity index (χ1v) is 6.75. The monoisotopic (exact) mass is 244 g/mol. The SMILES string of the molecule is CCC(Cc1c[nH]c2ccc3c(c12)CCO3)NC. The number of hydrogen-bond acceptors (Lipinski definition) is 2. The van der Waals surface area contributed by atoms with Crippen molar-refractivity contribution in [2.24, 2.45) is 0 Å². The van der Waals surface area contributed by atoms with Crippen LogP contribution in [0.25, 0.3) is 10.9 Å². The van der Waals surface area contributed by atoms with Crippen molar-refractivity contribution in [3.8, 4) is 5.75 Å². The average molecular weight is 244 g/mol. The molecule has 1 aliphatic rings. The first-order chi connectivity index (χ1) is 8.83. The van der Waals surface area contributed by atoms with Gasteiger partial charge in [-0.2, -0.15) is 0 Å². The van der Waals surface area contributed by atoms with Crippen LogP contribution in [0.2, 0.25) is 0 Å². The van der Waals surface area contributed by atoms with Crippen molar-refractivity contribution in [1.82, 2.24) is 10.3 Å². The molecule has 1 atom stereocenters. The van der Waals surface area contributed by atoms with Gasteiger partial charge in [0.1, 0.15) is 5.75 Å². The Labute approximate surface area is 108 Å². The molecule has 0 fully saturated rings. The van der Waals surface area contributed by atoms with Crippen molar-refractivity contribution in [2.75, 3.05) is 13.7 Å². The molecule has 0 bridgehead atoms. The van der Waals surface area contributed by atoms with E-state index in [1.54, 1.807) is 0 Å². The van der Waals surface area contributed by atoms with E-state index in [-0.39, 0.29) is 0 Å². The van der Waals surface area contributed by atoms with E-state index in [0.29, 0.717) is 6.04 Å². The number of ether oxygens (including phenoxy) is 1. The molecule has 0 radical (unpaired) electrons. The predicted octanol–water partition coefficient (Wildman–Crippen LogP) is 2.64. The Morgan fingerprint density at radius 2 is 2.33 bits per heavy atom. The van der Waals surface area contributed by atoms with E-state index in [2.05, 4.69) is 35.6 Å². The summed E-state index contributed by atoms with van der Waals surface area (Å²) in [6.45, 7) is 3.05. The minimum atomic E-state index is 0.544. The highest BCUT2D eigenvalue weighted by atomic mass is 16.5. The Hall–Kier alpha value is -1.48. The quantitative estimate of drug-likeness (QED) is 0.867. The second-order valence-electron chi connectivity index (χ2n) is 4.98.